The number of hydrogen-bond acceptors (Lipinski definition) is 11. The summed E-state index contributed by atoms with van der Waals surface area (Å²) in [6, 6.07) is 0. The maximum Gasteiger partial charge on any atom is 0.306 e. The van der Waals surface area contributed by atoms with Crippen molar-refractivity contribution in [2.75, 3.05) is 19.0 Å². The fourth-order valence-electron chi connectivity index (χ4n) is 6.72. The summed E-state index contributed by atoms with van der Waals surface area (Å²) in [7, 11) is -4.60. The topological polar surface area (TPSA) is 186 Å². The normalized spacial score (nSPS) is 20.7. The molecule has 1 aliphatic rings. The number of rotatable bonds is 37. The van der Waals surface area contributed by atoms with Gasteiger partial charge in [-0.1, -0.05) is 134 Å². The molecule has 0 saturated carbocycles. The third kappa shape index (κ3) is 29.9. The monoisotopic (exact) mass is 833 g/mol. The molecule has 12 nitrogen and oxygen atoms in total. The molecule has 6 unspecified atom stereocenters. The Morgan fingerprint density at radius 2 is 1.00 bits per heavy atom. The van der Waals surface area contributed by atoms with Gasteiger partial charge in [0, 0.05) is 12.8 Å². The predicted octanol–water partition coefficient (Wildman–Crippen LogP) is 8.84. The Morgan fingerprint density at radius 3 is 1.47 bits per heavy atom. The van der Waals surface area contributed by atoms with Crippen molar-refractivity contribution in [2.24, 2.45) is 0 Å². The minimum absolute atomic E-state index is 0.154. The SMILES string of the molecule is CCCCCC/C=C\CCCCCCCC(=O)OCC(COC1OC(CS(=O)(=O)O)C(O)C(O)C1O)OC(=O)CCCCCCC/C=C\CCCCCCCCC. The number of aliphatic hydroxyl groups is 3. The van der Waals surface area contributed by atoms with Crippen molar-refractivity contribution in [2.45, 2.75) is 224 Å². The van der Waals surface area contributed by atoms with Gasteiger partial charge >= 0.3 is 11.9 Å². The van der Waals surface area contributed by atoms with E-state index < -0.39 is 71.2 Å². The summed E-state index contributed by atoms with van der Waals surface area (Å²) in [4.78, 5) is 25.4. The summed E-state index contributed by atoms with van der Waals surface area (Å²) in [5, 5.41) is 30.8. The van der Waals surface area contributed by atoms with Gasteiger partial charge in [-0.2, -0.15) is 8.42 Å². The molecule has 334 valence electrons. The number of esters is 2. The van der Waals surface area contributed by atoms with E-state index in [0.717, 1.165) is 77.0 Å². The molecule has 4 N–H and O–H groups in total. The van der Waals surface area contributed by atoms with Gasteiger partial charge in [0.1, 0.15) is 36.8 Å². The van der Waals surface area contributed by atoms with Gasteiger partial charge in [-0.05, 0) is 64.2 Å². The van der Waals surface area contributed by atoms with Gasteiger partial charge in [0.15, 0.2) is 12.4 Å². The molecule has 0 bridgehead atoms. The Hall–Kier alpha value is -1.87. The average molecular weight is 833 g/mol. The molecule has 57 heavy (non-hydrogen) atoms. The second kappa shape index (κ2) is 34.9. The van der Waals surface area contributed by atoms with Gasteiger partial charge in [0.2, 0.25) is 0 Å². The number of unbranched alkanes of at least 4 members (excludes halogenated alkanes) is 21. The fourth-order valence-corrected chi connectivity index (χ4v) is 7.42. The van der Waals surface area contributed by atoms with Crippen molar-refractivity contribution in [1.82, 2.24) is 0 Å². The van der Waals surface area contributed by atoms with Crippen LogP contribution >= 0.6 is 0 Å². The van der Waals surface area contributed by atoms with Crippen LogP contribution in [0.3, 0.4) is 0 Å². The van der Waals surface area contributed by atoms with Crippen LogP contribution in [0, 0.1) is 0 Å². The Balaban J connectivity index is 2.47. The highest BCUT2D eigenvalue weighted by Crippen LogP contribution is 2.24. The summed E-state index contributed by atoms with van der Waals surface area (Å²) in [6.45, 7) is 3.72. The summed E-state index contributed by atoms with van der Waals surface area (Å²) in [6.07, 6.45) is 27.9. The van der Waals surface area contributed by atoms with E-state index in [9.17, 15) is 37.9 Å². The largest absolute Gasteiger partial charge is 0.462 e. The van der Waals surface area contributed by atoms with Gasteiger partial charge in [0.05, 0.1) is 6.61 Å². The van der Waals surface area contributed by atoms with E-state index in [1.165, 1.54) is 70.6 Å². The summed E-state index contributed by atoms with van der Waals surface area (Å²) >= 11 is 0. The van der Waals surface area contributed by atoms with Crippen LogP contribution in [0.1, 0.15) is 187 Å². The second-order valence-electron chi connectivity index (χ2n) is 15.7. The van der Waals surface area contributed by atoms with E-state index in [1.807, 2.05) is 0 Å². The fraction of sp³-hybridized carbons (Fsp3) is 0.864. The summed E-state index contributed by atoms with van der Waals surface area (Å²) in [5.74, 6) is -2.00. The first-order chi connectivity index (χ1) is 27.5. The lowest BCUT2D eigenvalue weighted by Gasteiger charge is -2.40. The van der Waals surface area contributed by atoms with Gasteiger partial charge in [-0.15, -0.1) is 0 Å². The van der Waals surface area contributed by atoms with E-state index in [0.29, 0.717) is 12.8 Å². The van der Waals surface area contributed by atoms with Crippen LogP contribution < -0.4 is 0 Å². The van der Waals surface area contributed by atoms with E-state index >= 15 is 0 Å². The van der Waals surface area contributed by atoms with Crippen LogP contribution in [0.2, 0.25) is 0 Å². The molecule has 13 heteroatoms. The zero-order chi connectivity index (χ0) is 42.0. The van der Waals surface area contributed by atoms with Crippen LogP contribution in [0.25, 0.3) is 0 Å². The maximum atomic E-state index is 12.8. The third-order valence-electron chi connectivity index (χ3n) is 10.3. The van der Waals surface area contributed by atoms with Crippen LogP contribution in [-0.4, -0.2) is 96.0 Å². The lowest BCUT2D eigenvalue weighted by atomic mass is 10.00. The molecule has 1 fully saturated rings. The highest BCUT2D eigenvalue weighted by molar-refractivity contribution is 7.85. The standard InChI is InChI=1S/C44H80O12S/c1-3-5-7-9-11-13-15-17-18-19-21-23-25-27-29-31-33-40(46)55-37(35-54-44-43(49)42(48)41(47)38(56-44)36-57(50,51)52)34-53-39(45)32-30-28-26-24-22-20-16-14-12-10-8-6-4-2/h14,16,18-19,37-38,41-44,47-49H,3-13,15,17,20-36H2,1-2H3,(H,50,51,52)/b16-14-,19-18-. The number of allylic oxidation sites excluding steroid dienone is 4. The zero-order valence-electron chi connectivity index (χ0n) is 35.4. The third-order valence-corrected chi connectivity index (χ3v) is 11.0. The second-order valence-corrected chi connectivity index (χ2v) is 17.2. The van der Waals surface area contributed by atoms with Crippen LogP contribution in [-0.2, 0) is 38.7 Å². The Morgan fingerprint density at radius 1 is 0.579 bits per heavy atom. The van der Waals surface area contributed by atoms with Crippen LogP contribution in [0.4, 0.5) is 0 Å². The molecule has 0 radical (unpaired) electrons. The first-order valence-corrected chi connectivity index (χ1v) is 24.0. The first-order valence-electron chi connectivity index (χ1n) is 22.4. The van der Waals surface area contributed by atoms with Crippen molar-refractivity contribution < 1.29 is 56.8 Å². The first kappa shape index (κ1) is 53.1. The minimum Gasteiger partial charge on any atom is -0.462 e. The summed E-state index contributed by atoms with van der Waals surface area (Å²) < 4.78 is 54.0. The molecule has 6 atom stereocenters. The lowest BCUT2D eigenvalue weighted by molar-refractivity contribution is -0.297. The molecule has 1 saturated heterocycles. The van der Waals surface area contributed by atoms with Gasteiger partial charge in [-0.3, -0.25) is 14.1 Å². The Bertz CT molecular complexity index is 1160. The molecular formula is C44H80O12S. The molecule has 0 aliphatic carbocycles. The molecule has 0 spiro atoms. The van der Waals surface area contributed by atoms with Crippen molar-refractivity contribution in [3.63, 3.8) is 0 Å². The molecule has 1 heterocycles. The minimum atomic E-state index is -4.60. The van der Waals surface area contributed by atoms with Crippen LogP contribution in [0.5, 0.6) is 0 Å². The lowest BCUT2D eigenvalue weighted by Crippen LogP contribution is -2.60. The summed E-state index contributed by atoms with van der Waals surface area (Å²) in [5.41, 5.74) is 0. The van der Waals surface area contributed by atoms with E-state index in [4.69, 9.17) is 18.9 Å². The quantitative estimate of drug-likeness (QED) is 0.0202. The Kier molecular flexibility index (Phi) is 32.6. The Labute approximate surface area is 345 Å². The van der Waals surface area contributed by atoms with Gasteiger partial charge in [0.25, 0.3) is 10.1 Å². The predicted molar refractivity (Wildman–Crippen MR) is 224 cm³/mol. The van der Waals surface area contributed by atoms with Crippen molar-refractivity contribution in [3.8, 4) is 0 Å². The van der Waals surface area contributed by atoms with Crippen LogP contribution in [0.15, 0.2) is 24.3 Å². The molecule has 0 aromatic carbocycles. The average Bonchev–Trinajstić information content (AvgIpc) is 3.17. The highest BCUT2D eigenvalue weighted by atomic mass is 32.2. The number of carbonyl (C=O) groups is 2. The molecule has 0 amide bonds. The van der Waals surface area contributed by atoms with E-state index in [1.54, 1.807) is 0 Å². The molecular weight excluding hydrogens is 753 g/mol. The number of carbonyl (C=O) groups excluding carboxylic acids is 2. The molecule has 0 aromatic rings. The highest BCUT2D eigenvalue weighted by Gasteiger charge is 2.46. The smallest absolute Gasteiger partial charge is 0.306 e. The maximum absolute atomic E-state index is 12.8. The molecule has 1 aliphatic heterocycles. The van der Waals surface area contributed by atoms with E-state index in [2.05, 4.69) is 38.2 Å². The van der Waals surface area contributed by atoms with Crippen molar-refractivity contribution >= 4 is 22.1 Å². The van der Waals surface area contributed by atoms with E-state index in [-0.39, 0.29) is 19.4 Å². The number of hydrogen-bond donors (Lipinski definition) is 4. The van der Waals surface area contributed by atoms with Gasteiger partial charge < -0.3 is 34.3 Å². The molecule has 1 rings (SSSR count). The van der Waals surface area contributed by atoms with Gasteiger partial charge in [-0.25, -0.2) is 0 Å². The molecule has 0 aromatic heterocycles. The zero-order valence-corrected chi connectivity index (χ0v) is 36.3. The number of ether oxygens (including phenoxy) is 4. The number of aliphatic hydroxyl groups excluding tert-OH is 3. The van der Waals surface area contributed by atoms with Crippen molar-refractivity contribution in [1.29, 1.82) is 0 Å². The van der Waals surface area contributed by atoms with Crippen molar-refractivity contribution in [3.05, 3.63) is 24.3 Å².